The van der Waals surface area contributed by atoms with Gasteiger partial charge in [-0.05, 0) is 18.2 Å². The highest BCUT2D eigenvalue weighted by molar-refractivity contribution is 6.34. The number of amides is 1. The number of nitrogens with zero attached hydrogens (tertiary/aromatic N) is 4. The number of rotatable bonds is 6. The lowest BCUT2D eigenvalue weighted by atomic mass is 10.2. The maximum Gasteiger partial charge on any atom is 0.271 e. The van der Waals surface area contributed by atoms with E-state index in [0.717, 1.165) is 38.4 Å². The summed E-state index contributed by atoms with van der Waals surface area (Å²) in [6.07, 6.45) is 1.79. The minimum absolute atomic E-state index is 0.109. The van der Waals surface area contributed by atoms with Gasteiger partial charge < -0.3 is 5.32 Å². The molecule has 0 radical (unpaired) electrons. The smallest absolute Gasteiger partial charge is 0.271 e. The monoisotopic (exact) mass is 389 g/mol. The Morgan fingerprint density at radius 1 is 1.19 bits per heavy atom. The van der Waals surface area contributed by atoms with Gasteiger partial charge in [0.05, 0.1) is 27.9 Å². The van der Waals surface area contributed by atoms with Crippen LogP contribution < -0.4 is 5.32 Å². The Balaban J connectivity index is 1.46. The summed E-state index contributed by atoms with van der Waals surface area (Å²) in [4.78, 5) is 31.2. The van der Waals surface area contributed by atoms with E-state index in [1.54, 1.807) is 6.20 Å². The molecule has 1 aromatic heterocycles. The minimum atomic E-state index is -0.526. The number of aromatic nitrogens is 1. The molecule has 2 aromatic rings. The number of nitro groups is 1. The van der Waals surface area contributed by atoms with E-state index < -0.39 is 4.92 Å². The van der Waals surface area contributed by atoms with Gasteiger partial charge in [-0.2, -0.15) is 0 Å². The third-order valence-corrected chi connectivity index (χ3v) is 4.69. The van der Waals surface area contributed by atoms with Gasteiger partial charge in [0.2, 0.25) is 5.91 Å². The zero-order chi connectivity index (χ0) is 19.2. The Morgan fingerprint density at radius 3 is 2.56 bits per heavy atom. The van der Waals surface area contributed by atoms with Gasteiger partial charge in [0, 0.05) is 51.1 Å². The fraction of sp³-hybridized carbons (Fsp3) is 0.333. The van der Waals surface area contributed by atoms with Crippen LogP contribution in [0.3, 0.4) is 0 Å². The summed E-state index contributed by atoms with van der Waals surface area (Å²) >= 11 is 6.01. The maximum absolute atomic E-state index is 12.3. The van der Waals surface area contributed by atoms with Crippen LogP contribution in [0.1, 0.15) is 5.69 Å². The van der Waals surface area contributed by atoms with E-state index in [0.29, 0.717) is 5.69 Å². The number of anilines is 1. The number of halogens is 1. The number of hydrogen-bond acceptors (Lipinski definition) is 6. The average Bonchev–Trinajstić information content (AvgIpc) is 2.65. The van der Waals surface area contributed by atoms with Crippen LogP contribution >= 0.6 is 11.6 Å². The summed E-state index contributed by atoms with van der Waals surface area (Å²) in [5.41, 5.74) is 1.31. The maximum atomic E-state index is 12.3. The summed E-state index contributed by atoms with van der Waals surface area (Å²) in [6.45, 7) is 4.36. The summed E-state index contributed by atoms with van der Waals surface area (Å²) < 4.78 is 0. The highest BCUT2D eigenvalue weighted by atomic mass is 35.5. The molecular formula is C18H20ClN5O3. The quantitative estimate of drug-likeness (QED) is 0.602. The second-order valence-electron chi connectivity index (χ2n) is 6.34. The highest BCUT2D eigenvalue weighted by Gasteiger charge is 2.20. The standard InChI is InChI=1S/C18H20ClN5O3/c19-16-11-15(24(26)27)4-5-17(16)21-18(25)13-23-9-7-22(8-10-23)12-14-3-1-2-6-20-14/h1-6,11H,7-10,12-13H2,(H,21,25). The fourth-order valence-corrected chi connectivity index (χ4v) is 3.16. The molecule has 0 spiro atoms. The molecule has 27 heavy (non-hydrogen) atoms. The Hall–Kier alpha value is -2.55. The van der Waals surface area contributed by atoms with Gasteiger partial charge in [-0.25, -0.2) is 0 Å². The first-order chi connectivity index (χ1) is 13.0. The number of piperazine rings is 1. The number of non-ortho nitro benzene ring substituents is 1. The predicted octanol–water partition coefficient (Wildman–Crippen LogP) is 2.40. The first-order valence-corrected chi connectivity index (χ1v) is 8.97. The van der Waals surface area contributed by atoms with Crippen molar-refractivity contribution in [3.63, 3.8) is 0 Å². The van der Waals surface area contributed by atoms with Crippen LogP contribution in [0.15, 0.2) is 42.6 Å². The molecule has 0 saturated carbocycles. The molecule has 1 aliphatic heterocycles. The fourth-order valence-electron chi connectivity index (χ4n) is 2.94. The third kappa shape index (κ3) is 5.46. The number of pyridine rings is 1. The number of carbonyl (C=O) groups excluding carboxylic acids is 1. The molecule has 1 fully saturated rings. The van der Waals surface area contributed by atoms with Crippen molar-refractivity contribution in [3.05, 3.63) is 63.4 Å². The molecule has 1 amide bonds. The van der Waals surface area contributed by atoms with Gasteiger partial charge in [-0.1, -0.05) is 17.7 Å². The van der Waals surface area contributed by atoms with E-state index in [4.69, 9.17) is 11.6 Å². The van der Waals surface area contributed by atoms with Crippen molar-refractivity contribution < 1.29 is 9.72 Å². The van der Waals surface area contributed by atoms with Crippen LogP contribution in [0.2, 0.25) is 5.02 Å². The number of carbonyl (C=O) groups is 1. The van der Waals surface area contributed by atoms with E-state index in [2.05, 4.69) is 20.1 Å². The lowest BCUT2D eigenvalue weighted by Gasteiger charge is -2.34. The molecule has 0 bridgehead atoms. The molecule has 1 N–H and O–H groups in total. The highest BCUT2D eigenvalue weighted by Crippen LogP contribution is 2.26. The van der Waals surface area contributed by atoms with Crippen molar-refractivity contribution in [3.8, 4) is 0 Å². The molecule has 2 heterocycles. The van der Waals surface area contributed by atoms with E-state index in [1.165, 1.54) is 18.2 Å². The molecule has 8 nitrogen and oxygen atoms in total. The van der Waals surface area contributed by atoms with E-state index in [9.17, 15) is 14.9 Å². The molecule has 1 aliphatic rings. The Morgan fingerprint density at radius 2 is 1.93 bits per heavy atom. The van der Waals surface area contributed by atoms with Gasteiger partial charge in [0.25, 0.3) is 5.69 Å². The zero-order valence-corrected chi connectivity index (χ0v) is 15.4. The van der Waals surface area contributed by atoms with E-state index in [-0.39, 0.29) is 23.2 Å². The Kier molecular flexibility index (Phi) is 6.33. The minimum Gasteiger partial charge on any atom is -0.324 e. The molecule has 142 valence electrons. The van der Waals surface area contributed by atoms with Crippen LogP contribution in [0.5, 0.6) is 0 Å². The van der Waals surface area contributed by atoms with Crippen LogP contribution in [0.25, 0.3) is 0 Å². The van der Waals surface area contributed by atoms with Crippen molar-refractivity contribution in [1.82, 2.24) is 14.8 Å². The molecular weight excluding hydrogens is 370 g/mol. The molecule has 1 aromatic carbocycles. The van der Waals surface area contributed by atoms with Gasteiger partial charge in [0.1, 0.15) is 0 Å². The van der Waals surface area contributed by atoms with Crippen LogP contribution in [0.4, 0.5) is 11.4 Å². The van der Waals surface area contributed by atoms with Gasteiger partial charge in [-0.3, -0.25) is 29.7 Å². The van der Waals surface area contributed by atoms with Crippen molar-refractivity contribution in [1.29, 1.82) is 0 Å². The third-order valence-electron chi connectivity index (χ3n) is 4.38. The van der Waals surface area contributed by atoms with E-state index >= 15 is 0 Å². The molecule has 9 heteroatoms. The molecule has 3 rings (SSSR count). The average molecular weight is 390 g/mol. The molecule has 1 saturated heterocycles. The second kappa shape index (κ2) is 8.90. The normalized spacial score (nSPS) is 15.4. The van der Waals surface area contributed by atoms with Gasteiger partial charge in [-0.15, -0.1) is 0 Å². The van der Waals surface area contributed by atoms with Crippen LogP contribution in [-0.2, 0) is 11.3 Å². The second-order valence-corrected chi connectivity index (χ2v) is 6.75. The van der Waals surface area contributed by atoms with Crippen LogP contribution in [0, 0.1) is 10.1 Å². The van der Waals surface area contributed by atoms with Crippen molar-refractivity contribution in [2.75, 3.05) is 38.0 Å². The first-order valence-electron chi connectivity index (χ1n) is 8.59. The predicted molar refractivity (Wildman–Crippen MR) is 103 cm³/mol. The Labute approximate surface area is 161 Å². The molecule has 0 aliphatic carbocycles. The number of nitrogens with one attached hydrogen (secondary N) is 1. The largest absolute Gasteiger partial charge is 0.324 e. The summed E-state index contributed by atoms with van der Waals surface area (Å²) in [6, 6.07) is 9.88. The lowest BCUT2D eigenvalue weighted by molar-refractivity contribution is -0.384. The Bertz CT molecular complexity index is 810. The van der Waals surface area contributed by atoms with Gasteiger partial charge >= 0.3 is 0 Å². The SMILES string of the molecule is O=C(CN1CCN(Cc2ccccn2)CC1)Nc1ccc([N+](=O)[O-])cc1Cl. The van der Waals surface area contributed by atoms with Gasteiger partial charge in [0.15, 0.2) is 0 Å². The summed E-state index contributed by atoms with van der Waals surface area (Å²) in [7, 11) is 0. The van der Waals surface area contributed by atoms with Crippen molar-refractivity contribution in [2.24, 2.45) is 0 Å². The first kappa shape index (κ1) is 19.2. The summed E-state index contributed by atoms with van der Waals surface area (Å²) in [5, 5.41) is 13.6. The van der Waals surface area contributed by atoms with Crippen LogP contribution in [-0.4, -0.2) is 58.3 Å². The zero-order valence-electron chi connectivity index (χ0n) is 14.7. The molecule has 0 atom stereocenters. The van der Waals surface area contributed by atoms with E-state index in [1.807, 2.05) is 18.2 Å². The van der Waals surface area contributed by atoms with Crippen molar-refractivity contribution >= 4 is 28.9 Å². The number of nitro benzene ring substituents is 1. The number of hydrogen-bond donors (Lipinski definition) is 1. The van der Waals surface area contributed by atoms with Crippen molar-refractivity contribution in [2.45, 2.75) is 6.54 Å². The number of benzene rings is 1. The lowest BCUT2D eigenvalue weighted by Crippen LogP contribution is -2.48. The summed E-state index contributed by atoms with van der Waals surface area (Å²) in [5.74, 6) is -0.191. The molecule has 0 unspecified atom stereocenters. The topological polar surface area (TPSA) is 91.6 Å².